The minimum Gasteiger partial charge on any atom is -0.396 e. The van der Waals surface area contributed by atoms with Crippen LogP contribution in [0, 0.1) is 11.8 Å². The smallest absolute Gasteiger partial charge is 0.0607 e. The van der Waals surface area contributed by atoms with Crippen LogP contribution < -0.4 is 0 Å². The van der Waals surface area contributed by atoms with E-state index >= 15 is 0 Å². The Labute approximate surface area is 67.6 Å². The second-order valence-corrected chi connectivity index (χ2v) is 3.74. The monoisotopic (exact) mass is 156 g/mol. The molecule has 1 saturated carbocycles. The van der Waals surface area contributed by atoms with Gasteiger partial charge in [-0.3, -0.25) is 0 Å². The zero-order chi connectivity index (χ0) is 7.68. The summed E-state index contributed by atoms with van der Waals surface area (Å²) in [5.74, 6) is 1.21. The third-order valence-electron chi connectivity index (χ3n) is 3.16. The Morgan fingerprint density at radius 3 is 3.00 bits per heavy atom. The van der Waals surface area contributed by atoms with E-state index in [1.807, 2.05) is 0 Å². The van der Waals surface area contributed by atoms with Crippen molar-refractivity contribution in [2.75, 3.05) is 13.2 Å². The van der Waals surface area contributed by atoms with E-state index in [2.05, 4.69) is 0 Å². The molecule has 0 aromatic rings. The van der Waals surface area contributed by atoms with Crippen molar-refractivity contribution in [2.24, 2.45) is 11.8 Å². The maximum atomic E-state index is 9.08. The molecule has 2 heteroatoms. The number of aliphatic hydroxyl groups is 1. The van der Waals surface area contributed by atoms with Crippen LogP contribution in [0.25, 0.3) is 0 Å². The van der Waals surface area contributed by atoms with Crippen molar-refractivity contribution in [2.45, 2.75) is 31.8 Å². The highest BCUT2D eigenvalue weighted by molar-refractivity contribution is 4.85. The van der Waals surface area contributed by atoms with Crippen molar-refractivity contribution in [1.29, 1.82) is 0 Å². The fourth-order valence-electron chi connectivity index (χ4n) is 2.52. The van der Waals surface area contributed by atoms with E-state index in [1.165, 1.54) is 25.7 Å². The van der Waals surface area contributed by atoms with Gasteiger partial charge in [-0.15, -0.1) is 0 Å². The SMILES string of the molecule is OC[C@@H]1CCC[C@@H]2OCC[C@H]12. The first-order chi connectivity index (χ1) is 5.42. The van der Waals surface area contributed by atoms with Crippen molar-refractivity contribution in [1.82, 2.24) is 0 Å². The van der Waals surface area contributed by atoms with Gasteiger partial charge in [0, 0.05) is 13.2 Å². The molecule has 1 aliphatic carbocycles. The van der Waals surface area contributed by atoms with Crippen molar-refractivity contribution < 1.29 is 9.84 Å². The van der Waals surface area contributed by atoms with Gasteiger partial charge in [0.15, 0.2) is 0 Å². The molecule has 64 valence electrons. The summed E-state index contributed by atoms with van der Waals surface area (Å²) in [5.41, 5.74) is 0. The summed E-state index contributed by atoms with van der Waals surface area (Å²) in [6.07, 6.45) is 5.34. The third kappa shape index (κ3) is 1.30. The normalized spacial score (nSPS) is 43.9. The molecule has 11 heavy (non-hydrogen) atoms. The zero-order valence-corrected chi connectivity index (χ0v) is 6.83. The van der Waals surface area contributed by atoms with Crippen LogP contribution >= 0.6 is 0 Å². The third-order valence-corrected chi connectivity index (χ3v) is 3.16. The molecule has 2 fully saturated rings. The number of fused-ring (bicyclic) bond motifs is 1. The lowest BCUT2D eigenvalue weighted by molar-refractivity contribution is 0.0274. The van der Waals surface area contributed by atoms with Crippen LogP contribution in [0.4, 0.5) is 0 Å². The van der Waals surface area contributed by atoms with Crippen LogP contribution in [-0.4, -0.2) is 24.4 Å². The van der Waals surface area contributed by atoms with E-state index in [1.54, 1.807) is 0 Å². The number of rotatable bonds is 1. The molecule has 0 aromatic heterocycles. The second kappa shape index (κ2) is 3.11. The molecule has 0 amide bonds. The van der Waals surface area contributed by atoms with Gasteiger partial charge in [0.1, 0.15) is 0 Å². The molecule has 0 radical (unpaired) electrons. The molecule has 1 heterocycles. The number of hydrogen-bond acceptors (Lipinski definition) is 2. The number of ether oxygens (including phenoxy) is 1. The van der Waals surface area contributed by atoms with Crippen molar-refractivity contribution in [3.8, 4) is 0 Å². The van der Waals surface area contributed by atoms with E-state index in [4.69, 9.17) is 9.84 Å². The van der Waals surface area contributed by atoms with Gasteiger partial charge in [-0.1, -0.05) is 6.42 Å². The van der Waals surface area contributed by atoms with E-state index in [-0.39, 0.29) is 0 Å². The predicted octanol–water partition coefficient (Wildman–Crippen LogP) is 1.18. The van der Waals surface area contributed by atoms with Gasteiger partial charge in [0.05, 0.1) is 6.10 Å². The Kier molecular flexibility index (Phi) is 2.14. The molecule has 2 aliphatic rings. The van der Waals surface area contributed by atoms with Gasteiger partial charge < -0.3 is 9.84 Å². The van der Waals surface area contributed by atoms with Gasteiger partial charge in [0.25, 0.3) is 0 Å². The number of hydrogen-bond donors (Lipinski definition) is 1. The van der Waals surface area contributed by atoms with Gasteiger partial charge in [-0.25, -0.2) is 0 Å². The molecular formula is C9H16O2. The minimum absolute atomic E-state index is 0.366. The van der Waals surface area contributed by atoms with Crippen LogP contribution in [0.15, 0.2) is 0 Å². The van der Waals surface area contributed by atoms with E-state index in [0.29, 0.717) is 24.5 Å². The van der Waals surface area contributed by atoms with Gasteiger partial charge >= 0.3 is 0 Å². The highest BCUT2D eigenvalue weighted by Gasteiger charge is 2.36. The summed E-state index contributed by atoms with van der Waals surface area (Å²) < 4.78 is 5.58. The molecule has 2 rings (SSSR count). The maximum absolute atomic E-state index is 9.08. The Hall–Kier alpha value is -0.0800. The van der Waals surface area contributed by atoms with Crippen LogP contribution in [0.1, 0.15) is 25.7 Å². The van der Waals surface area contributed by atoms with Crippen LogP contribution in [0.3, 0.4) is 0 Å². The summed E-state index contributed by atoms with van der Waals surface area (Å²) >= 11 is 0. The van der Waals surface area contributed by atoms with Crippen LogP contribution in [0.2, 0.25) is 0 Å². The standard InChI is InChI=1S/C9H16O2/c10-6-7-2-1-3-9-8(7)4-5-11-9/h7-10H,1-6H2/t7-,8+,9-/m0/s1. The summed E-state index contributed by atoms with van der Waals surface area (Å²) in [7, 11) is 0. The molecule has 0 aromatic carbocycles. The maximum Gasteiger partial charge on any atom is 0.0607 e. The average molecular weight is 156 g/mol. The minimum atomic E-state index is 0.366. The van der Waals surface area contributed by atoms with Crippen molar-refractivity contribution >= 4 is 0 Å². The average Bonchev–Trinajstić information content (AvgIpc) is 2.50. The van der Waals surface area contributed by atoms with Crippen LogP contribution in [0.5, 0.6) is 0 Å². The van der Waals surface area contributed by atoms with Gasteiger partial charge in [-0.2, -0.15) is 0 Å². The molecular weight excluding hydrogens is 140 g/mol. The zero-order valence-electron chi connectivity index (χ0n) is 6.83. The van der Waals surface area contributed by atoms with Crippen molar-refractivity contribution in [3.05, 3.63) is 0 Å². The molecule has 1 saturated heterocycles. The Balaban J connectivity index is 2.00. The topological polar surface area (TPSA) is 29.5 Å². The lowest BCUT2D eigenvalue weighted by atomic mass is 9.77. The summed E-state index contributed by atoms with van der Waals surface area (Å²) in [6.45, 7) is 1.29. The quantitative estimate of drug-likeness (QED) is 0.618. The summed E-state index contributed by atoms with van der Waals surface area (Å²) in [5, 5.41) is 9.08. The lowest BCUT2D eigenvalue weighted by Crippen LogP contribution is -2.30. The molecule has 1 N–H and O–H groups in total. The molecule has 0 spiro atoms. The fraction of sp³-hybridized carbons (Fsp3) is 1.00. The largest absolute Gasteiger partial charge is 0.396 e. The van der Waals surface area contributed by atoms with E-state index < -0.39 is 0 Å². The first kappa shape index (κ1) is 7.56. The van der Waals surface area contributed by atoms with Gasteiger partial charge in [0.2, 0.25) is 0 Å². The van der Waals surface area contributed by atoms with E-state index in [9.17, 15) is 0 Å². The lowest BCUT2D eigenvalue weighted by Gasteiger charge is -2.31. The van der Waals surface area contributed by atoms with Crippen molar-refractivity contribution in [3.63, 3.8) is 0 Å². The first-order valence-corrected chi connectivity index (χ1v) is 4.64. The Morgan fingerprint density at radius 1 is 1.27 bits per heavy atom. The molecule has 2 nitrogen and oxygen atoms in total. The van der Waals surface area contributed by atoms with E-state index in [0.717, 1.165) is 6.61 Å². The molecule has 0 bridgehead atoms. The Morgan fingerprint density at radius 2 is 2.18 bits per heavy atom. The highest BCUT2D eigenvalue weighted by atomic mass is 16.5. The Bertz CT molecular complexity index is 136. The molecule has 3 atom stereocenters. The summed E-state index contributed by atoms with van der Waals surface area (Å²) in [6, 6.07) is 0. The highest BCUT2D eigenvalue weighted by Crippen LogP contribution is 2.37. The fourth-order valence-corrected chi connectivity index (χ4v) is 2.52. The molecule has 1 aliphatic heterocycles. The predicted molar refractivity (Wildman–Crippen MR) is 42.3 cm³/mol. The second-order valence-electron chi connectivity index (χ2n) is 3.74. The molecule has 0 unspecified atom stereocenters. The first-order valence-electron chi connectivity index (χ1n) is 4.64. The number of aliphatic hydroxyl groups excluding tert-OH is 1. The van der Waals surface area contributed by atoms with Gasteiger partial charge in [-0.05, 0) is 31.1 Å². The van der Waals surface area contributed by atoms with Crippen LogP contribution in [-0.2, 0) is 4.74 Å². The summed E-state index contributed by atoms with van der Waals surface area (Å²) in [4.78, 5) is 0.